The molecule has 124 valence electrons. The Hall–Kier alpha value is -0.570. The maximum atomic E-state index is 4.64. The van der Waals surface area contributed by atoms with Crippen LogP contribution in [0.15, 0.2) is 5.10 Å². The SMILES string of the molecule is C(=N\NC1CCCCC1)/C1CCC2NC3CCCCC3C2C1. The summed E-state index contributed by atoms with van der Waals surface area (Å²) in [6.45, 7) is 0. The third-order valence-corrected chi connectivity index (χ3v) is 6.89. The molecule has 3 nitrogen and oxygen atoms in total. The number of nitrogens with zero attached hydrogens (tertiary/aromatic N) is 1. The minimum Gasteiger partial charge on any atom is -0.311 e. The van der Waals surface area contributed by atoms with E-state index in [1.54, 1.807) is 0 Å². The van der Waals surface area contributed by atoms with E-state index >= 15 is 0 Å². The normalized spacial score (nSPS) is 43.0. The fourth-order valence-corrected chi connectivity index (χ4v) is 5.69. The molecule has 2 N–H and O–H groups in total. The van der Waals surface area contributed by atoms with Gasteiger partial charge in [-0.15, -0.1) is 0 Å². The van der Waals surface area contributed by atoms with Crippen LogP contribution >= 0.6 is 0 Å². The maximum absolute atomic E-state index is 4.64. The predicted molar refractivity (Wildman–Crippen MR) is 92.0 cm³/mol. The van der Waals surface area contributed by atoms with Crippen LogP contribution in [0, 0.1) is 17.8 Å². The molecule has 1 saturated heterocycles. The Morgan fingerprint density at radius 3 is 2.45 bits per heavy atom. The molecule has 0 aromatic heterocycles. The zero-order valence-electron chi connectivity index (χ0n) is 14.0. The van der Waals surface area contributed by atoms with Gasteiger partial charge < -0.3 is 10.7 Å². The van der Waals surface area contributed by atoms with E-state index in [2.05, 4.69) is 22.1 Å². The lowest BCUT2D eigenvalue weighted by Crippen LogP contribution is -2.35. The van der Waals surface area contributed by atoms with Gasteiger partial charge in [0.1, 0.15) is 0 Å². The molecule has 0 amide bonds. The van der Waals surface area contributed by atoms with E-state index < -0.39 is 0 Å². The average molecular weight is 303 g/mol. The topological polar surface area (TPSA) is 36.4 Å². The summed E-state index contributed by atoms with van der Waals surface area (Å²) < 4.78 is 0. The molecule has 4 aliphatic rings. The fourth-order valence-electron chi connectivity index (χ4n) is 5.69. The standard InChI is InChI=1S/C19H33N3/c1-2-6-15(7-3-1)22-20-13-14-10-11-19-17(12-14)16-8-4-5-9-18(16)21-19/h13-19,21-22H,1-12H2/b20-13+. The van der Waals surface area contributed by atoms with E-state index in [0.29, 0.717) is 6.04 Å². The van der Waals surface area contributed by atoms with Crippen molar-refractivity contribution in [3.8, 4) is 0 Å². The van der Waals surface area contributed by atoms with Crippen molar-refractivity contribution in [3.63, 3.8) is 0 Å². The fraction of sp³-hybridized carbons (Fsp3) is 0.947. The number of hydrogen-bond acceptors (Lipinski definition) is 3. The van der Waals surface area contributed by atoms with Gasteiger partial charge in [-0.05, 0) is 62.7 Å². The molecule has 0 spiro atoms. The zero-order chi connectivity index (χ0) is 14.8. The van der Waals surface area contributed by atoms with Gasteiger partial charge in [0, 0.05) is 24.3 Å². The van der Waals surface area contributed by atoms with Crippen LogP contribution in [0.2, 0.25) is 0 Å². The lowest BCUT2D eigenvalue weighted by atomic mass is 9.70. The average Bonchev–Trinajstić information content (AvgIpc) is 2.94. The first-order valence-corrected chi connectivity index (χ1v) is 9.95. The van der Waals surface area contributed by atoms with Crippen LogP contribution in [-0.2, 0) is 0 Å². The molecule has 3 heteroatoms. The highest BCUT2D eigenvalue weighted by Gasteiger charge is 2.45. The van der Waals surface area contributed by atoms with Crippen molar-refractivity contribution >= 4 is 6.21 Å². The van der Waals surface area contributed by atoms with Gasteiger partial charge in [0.05, 0.1) is 0 Å². The highest BCUT2D eigenvalue weighted by Crippen LogP contribution is 2.45. The molecule has 0 aromatic carbocycles. The Morgan fingerprint density at radius 2 is 1.55 bits per heavy atom. The Morgan fingerprint density at radius 1 is 0.773 bits per heavy atom. The summed E-state index contributed by atoms with van der Waals surface area (Å²) in [5.41, 5.74) is 3.44. The minimum absolute atomic E-state index is 0.650. The number of hydrogen-bond donors (Lipinski definition) is 2. The molecule has 22 heavy (non-hydrogen) atoms. The van der Waals surface area contributed by atoms with E-state index in [1.807, 2.05) is 0 Å². The predicted octanol–water partition coefficient (Wildman–Crippen LogP) is 3.84. The van der Waals surface area contributed by atoms with Crippen molar-refractivity contribution in [3.05, 3.63) is 0 Å². The van der Waals surface area contributed by atoms with Gasteiger partial charge in [-0.2, -0.15) is 5.10 Å². The summed E-state index contributed by atoms with van der Waals surface area (Å²) in [6.07, 6.45) is 19.0. The van der Waals surface area contributed by atoms with E-state index in [-0.39, 0.29) is 0 Å². The second kappa shape index (κ2) is 6.90. The molecular formula is C19H33N3. The van der Waals surface area contributed by atoms with Gasteiger partial charge in [-0.1, -0.05) is 32.1 Å². The van der Waals surface area contributed by atoms with E-state index in [0.717, 1.165) is 29.8 Å². The third kappa shape index (κ3) is 3.20. The second-order valence-electron chi connectivity index (χ2n) is 8.31. The Kier molecular flexibility index (Phi) is 4.70. The summed E-state index contributed by atoms with van der Waals surface area (Å²) >= 11 is 0. The lowest BCUT2D eigenvalue weighted by molar-refractivity contribution is 0.214. The minimum atomic E-state index is 0.650. The summed E-state index contributed by atoms with van der Waals surface area (Å²) in [5, 5.41) is 8.60. The third-order valence-electron chi connectivity index (χ3n) is 6.89. The lowest BCUT2D eigenvalue weighted by Gasteiger charge is -2.34. The monoisotopic (exact) mass is 303 g/mol. The smallest absolute Gasteiger partial charge is 0.0440 e. The number of rotatable bonds is 3. The van der Waals surface area contributed by atoms with Gasteiger partial charge in [-0.25, -0.2) is 0 Å². The van der Waals surface area contributed by atoms with Crippen LogP contribution in [0.1, 0.15) is 77.0 Å². The Balaban J connectivity index is 1.29. The molecule has 4 rings (SSSR count). The number of hydrazone groups is 1. The van der Waals surface area contributed by atoms with Gasteiger partial charge in [0.2, 0.25) is 0 Å². The molecule has 5 atom stereocenters. The van der Waals surface area contributed by atoms with Gasteiger partial charge in [0.15, 0.2) is 0 Å². The summed E-state index contributed by atoms with van der Waals surface area (Å²) in [4.78, 5) is 0. The largest absolute Gasteiger partial charge is 0.311 e. The first-order chi connectivity index (χ1) is 10.9. The molecule has 0 bridgehead atoms. The van der Waals surface area contributed by atoms with Crippen LogP contribution in [0.25, 0.3) is 0 Å². The van der Waals surface area contributed by atoms with Crippen molar-refractivity contribution < 1.29 is 0 Å². The van der Waals surface area contributed by atoms with Gasteiger partial charge >= 0.3 is 0 Å². The van der Waals surface area contributed by atoms with Gasteiger partial charge in [-0.3, -0.25) is 0 Å². The maximum Gasteiger partial charge on any atom is 0.0440 e. The van der Waals surface area contributed by atoms with E-state index in [9.17, 15) is 0 Å². The summed E-state index contributed by atoms with van der Waals surface area (Å²) in [7, 11) is 0. The molecule has 0 radical (unpaired) electrons. The molecular weight excluding hydrogens is 270 g/mol. The van der Waals surface area contributed by atoms with Crippen LogP contribution in [0.4, 0.5) is 0 Å². The van der Waals surface area contributed by atoms with Crippen molar-refractivity contribution in [2.75, 3.05) is 0 Å². The summed E-state index contributed by atoms with van der Waals surface area (Å²) in [5.74, 6) is 2.63. The first kappa shape index (κ1) is 15.0. The van der Waals surface area contributed by atoms with Crippen molar-refractivity contribution in [1.29, 1.82) is 0 Å². The number of fused-ring (bicyclic) bond motifs is 3. The Labute approximate surface area is 135 Å². The van der Waals surface area contributed by atoms with Crippen LogP contribution in [0.3, 0.4) is 0 Å². The van der Waals surface area contributed by atoms with Crippen molar-refractivity contribution in [1.82, 2.24) is 10.7 Å². The molecule has 4 fully saturated rings. The van der Waals surface area contributed by atoms with Crippen molar-refractivity contribution in [2.24, 2.45) is 22.9 Å². The van der Waals surface area contributed by atoms with Crippen LogP contribution in [-0.4, -0.2) is 24.3 Å². The van der Waals surface area contributed by atoms with E-state index in [4.69, 9.17) is 0 Å². The second-order valence-corrected chi connectivity index (χ2v) is 8.31. The highest BCUT2D eigenvalue weighted by atomic mass is 15.3. The first-order valence-electron chi connectivity index (χ1n) is 9.95. The molecule has 0 aromatic rings. The molecule has 3 saturated carbocycles. The molecule has 1 aliphatic heterocycles. The molecule has 3 aliphatic carbocycles. The Bertz CT molecular complexity index is 388. The van der Waals surface area contributed by atoms with Crippen LogP contribution in [0.5, 0.6) is 0 Å². The quantitative estimate of drug-likeness (QED) is 0.614. The molecule has 1 heterocycles. The molecule has 5 unspecified atom stereocenters. The van der Waals surface area contributed by atoms with E-state index in [1.165, 1.54) is 77.0 Å². The van der Waals surface area contributed by atoms with Crippen molar-refractivity contribution in [2.45, 2.75) is 95.2 Å². The highest BCUT2D eigenvalue weighted by molar-refractivity contribution is 5.60. The summed E-state index contributed by atoms with van der Waals surface area (Å²) in [6, 6.07) is 2.32. The van der Waals surface area contributed by atoms with Gasteiger partial charge in [0.25, 0.3) is 0 Å². The number of nitrogens with one attached hydrogen (secondary N) is 2. The van der Waals surface area contributed by atoms with Crippen LogP contribution < -0.4 is 10.7 Å². The zero-order valence-corrected chi connectivity index (χ0v) is 14.0.